The number of likely N-dealkylation sites (tertiary alicyclic amines) is 1. The van der Waals surface area contributed by atoms with Gasteiger partial charge in [-0.15, -0.1) is 0 Å². The van der Waals surface area contributed by atoms with Crippen molar-refractivity contribution in [1.82, 2.24) is 9.88 Å². The molecule has 0 atom stereocenters. The number of fused-ring (bicyclic) bond motifs is 1. The van der Waals surface area contributed by atoms with E-state index in [2.05, 4.69) is 4.98 Å². The molecule has 0 aliphatic carbocycles. The molecule has 0 bridgehead atoms. The zero-order valence-corrected chi connectivity index (χ0v) is 11.6. The number of hydrogen-bond acceptors (Lipinski definition) is 5. The number of pyridine rings is 1. The second-order valence-corrected chi connectivity index (χ2v) is 4.96. The molecule has 108 valence electrons. The van der Waals surface area contributed by atoms with E-state index in [1.54, 1.807) is 13.2 Å². The Balaban J connectivity index is 1.97. The van der Waals surface area contributed by atoms with Crippen molar-refractivity contribution >= 4 is 28.5 Å². The van der Waals surface area contributed by atoms with E-state index in [1.807, 2.05) is 18.2 Å². The summed E-state index contributed by atoms with van der Waals surface area (Å²) in [6.07, 6.45) is 0.549. The number of amides is 2. The Kier molecular flexibility index (Phi) is 3.21. The van der Waals surface area contributed by atoms with Crippen LogP contribution in [0.3, 0.4) is 0 Å². The number of carbonyl (C=O) groups is 2. The molecular formula is C15H15N3O3. The molecular weight excluding hydrogens is 270 g/mol. The van der Waals surface area contributed by atoms with Gasteiger partial charge >= 0.3 is 0 Å². The average molecular weight is 285 g/mol. The number of imide groups is 1. The summed E-state index contributed by atoms with van der Waals surface area (Å²) in [4.78, 5) is 28.9. The number of anilines is 1. The summed E-state index contributed by atoms with van der Waals surface area (Å²) >= 11 is 0. The van der Waals surface area contributed by atoms with E-state index in [-0.39, 0.29) is 31.2 Å². The van der Waals surface area contributed by atoms with Gasteiger partial charge in [0.15, 0.2) is 0 Å². The van der Waals surface area contributed by atoms with Gasteiger partial charge in [0.25, 0.3) is 0 Å². The van der Waals surface area contributed by atoms with Gasteiger partial charge < -0.3 is 10.5 Å². The van der Waals surface area contributed by atoms with Gasteiger partial charge in [0.05, 0.1) is 19.2 Å². The van der Waals surface area contributed by atoms with Gasteiger partial charge in [-0.2, -0.15) is 0 Å². The molecule has 1 aliphatic heterocycles. The average Bonchev–Trinajstić information content (AvgIpc) is 2.79. The van der Waals surface area contributed by atoms with E-state index in [0.29, 0.717) is 17.1 Å². The SMILES string of the molecule is COc1ccc2cc(CN3C(=O)CCC3=O)c(N)nc2c1. The normalized spacial score (nSPS) is 15.0. The maximum atomic E-state index is 11.7. The zero-order chi connectivity index (χ0) is 15.0. The molecule has 2 amide bonds. The van der Waals surface area contributed by atoms with Gasteiger partial charge in [0, 0.05) is 29.9 Å². The van der Waals surface area contributed by atoms with Crippen LogP contribution in [0.25, 0.3) is 10.9 Å². The lowest BCUT2D eigenvalue weighted by Gasteiger charge is -2.15. The Labute approximate surface area is 121 Å². The Bertz CT molecular complexity index is 726. The molecule has 21 heavy (non-hydrogen) atoms. The molecule has 1 aliphatic rings. The highest BCUT2D eigenvalue weighted by atomic mass is 16.5. The minimum Gasteiger partial charge on any atom is -0.497 e. The number of ether oxygens (including phenoxy) is 1. The first-order valence-corrected chi connectivity index (χ1v) is 6.65. The third-order valence-corrected chi connectivity index (χ3v) is 3.62. The lowest BCUT2D eigenvalue weighted by atomic mass is 10.1. The molecule has 2 heterocycles. The number of aromatic nitrogens is 1. The topological polar surface area (TPSA) is 85.5 Å². The first kappa shape index (κ1) is 13.4. The van der Waals surface area contributed by atoms with Gasteiger partial charge in [0.1, 0.15) is 11.6 Å². The van der Waals surface area contributed by atoms with E-state index < -0.39 is 0 Å². The van der Waals surface area contributed by atoms with Crippen molar-refractivity contribution in [3.63, 3.8) is 0 Å². The smallest absolute Gasteiger partial charge is 0.230 e. The number of nitrogens with zero attached hydrogens (tertiary/aromatic N) is 2. The van der Waals surface area contributed by atoms with Crippen molar-refractivity contribution < 1.29 is 14.3 Å². The predicted octanol–water partition coefficient (Wildman–Crippen LogP) is 1.47. The highest BCUT2D eigenvalue weighted by Gasteiger charge is 2.29. The van der Waals surface area contributed by atoms with Crippen LogP contribution < -0.4 is 10.5 Å². The number of benzene rings is 1. The summed E-state index contributed by atoms with van der Waals surface area (Å²) in [6.45, 7) is 0.179. The lowest BCUT2D eigenvalue weighted by molar-refractivity contribution is -0.139. The standard InChI is InChI=1S/C15H15N3O3/c1-21-11-3-2-9-6-10(15(16)17-12(9)7-11)8-18-13(19)4-5-14(18)20/h2-3,6-7H,4-5,8H2,1H3,(H2,16,17). The summed E-state index contributed by atoms with van der Waals surface area (Å²) in [7, 11) is 1.59. The van der Waals surface area contributed by atoms with Crippen molar-refractivity contribution in [2.45, 2.75) is 19.4 Å². The molecule has 0 unspecified atom stereocenters. The number of nitrogen functional groups attached to an aromatic ring is 1. The van der Waals surface area contributed by atoms with Crippen LogP contribution >= 0.6 is 0 Å². The molecule has 6 heteroatoms. The fraction of sp³-hybridized carbons (Fsp3) is 0.267. The second-order valence-electron chi connectivity index (χ2n) is 4.96. The fourth-order valence-corrected chi connectivity index (χ4v) is 2.43. The fourth-order valence-electron chi connectivity index (χ4n) is 2.43. The Morgan fingerprint density at radius 1 is 1.24 bits per heavy atom. The van der Waals surface area contributed by atoms with Crippen molar-refractivity contribution in [3.05, 3.63) is 29.8 Å². The van der Waals surface area contributed by atoms with Crippen LogP contribution in [0.15, 0.2) is 24.3 Å². The van der Waals surface area contributed by atoms with Gasteiger partial charge in [-0.05, 0) is 18.2 Å². The van der Waals surface area contributed by atoms with Crippen molar-refractivity contribution in [2.24, 2.45) is 0 Å². The molecule has 2 N–H and O–H groups in total. The van der Waals surface area contributed by atoms with Crippen molar-refractivity contribution in [3.8, 4) is 5.75 Å². The van der Waals surface area contributed by atoms with Crippen LogP contribution in [0.4, 0.5) is 5.82 Å². The highest BCUT2D eigenvalue weighted by Crippen LogP contribution is 2.25. The Morgan fingerprint density at radius 3 is 2.62 bits per heavy atom. The van der Waals surface area contributed by atoms with E-state index in [1.165, 1.54) is 4.90 Å². The van der Waals surface area contributed by atoms with Crippen LogP contribution in [0.5, 0.6) is 5.75 Å². The molecule has 0 radical (unpaired) electrons. The van der Waals surface area contributed by atoms with Crippen LogP contribution in [0.1, 0.15) is 18.4 Å². The molecule has 3 rings (SSSR count). The molecule has 1 aromatic carbocycles. The summed E-state index contributed by atoms with van der Waals surface area (Å²) < 4.78 is 5.15. The minimum atomic E-state index is -0.158. The molecule has 0 spiro atoms. The summed E-state index contributed by atoms with van der Waals surface area (Å²) in [5.74, 6) is 0.707. The molecule has 1 saturated heterocycles. The second kappa shape index (κ2) is 5.05. The third kappa shape index (κ3) is 2.40. The molecule has 2 aromatic rings. The molecule has 6 nitrogen and oxygen atoms in total. The molecule has 0 saturated carbocycles. The van der Waals surface area contributed by atoms with Crippen LogP contribution in [-0.4, -0.2) is 28.8 Å². The van der Waals surface area contributed by atoms with E-state index >= 15 is 0 Å². The highest BCUT2D eigenvalue weighted by molar-refractivity contribution is 6.02. The summed E-state index contributed by atoms with van der Waals surface area (Å²) in [6, 6.07) is 7.35. The number of carbonyl (C=O) groups excluding carboxylic acids is 2. The lowest BCUT2D eigenvalue weighted by Crippen LogP contribution is -2.28. The van der Waals surface area contributed by atoms with Gasteiger partial charge in [-0.1, -0.05) is 0 Å². The zero-order valence-electron chi connectivity index (χ0n) is 11.6. The van der Waals surface area contributed by atoms with Gasteiger partial charge in [0.2, 0.25) is 11.8 Å². The van der Waals surface area contributed by atoms with Crippen LogP contribution in [0, 0.1) is 0 Å². The van der Waals surface area contributed by atoms with Crippen molar-refractivity contribution in [1.29, 1.82) is 0 Å². The Morgan fingerprint density at radius 2 is 1.95 bits per heavy atom. The first-order valence-electron chi connectivity index (χ1n) is 6.65. The maximum Gasteiger partial charge on any atom is 0.230 e. The number of rotatable bonds is 3. The third-order valence-electron chi connectivity index (χ3n) is 3.62. The van der Waals surface area contributed by atoms with E-state index in [4.69, 9.17) is 10.5 Å². The predicted molar refractivity (Wildman–Crippen MR) is 77.5 cm³/mol. The van der Waals surface area contributed by atoms with Gasteiger partial charge in [-0.25, -0.2) is 4.98 Å². The number of hydrogen-bond donors (Lipinski definition) is 1. The monoisotopic (exact) mass is 285 g/mol. The minimum absolute atomic E-state index is 0.158. The van der Waals surface area contributed by atoms with Crippen LogP contribution in [-0.2, 0) is 16.1 Å². The summed E-state index contributed by atoms with van der Waals surface area (Å²) in [5.41, 5.74) is 7.34. The summed E-state index contributed by atoms with van der Waals surface area (Å²) in [5, 5.41) is 0.888. The largest absolute Gasteiger partial charge is 0.497 e. The molecule has 1 aromatic heterocycles. The van der Waals surface area contributed by atoms with Crippen LogP contribution in [0.2, 0.25) is 0 Å². The quantitative estimate of drug-likeness (QED) is 0.863. The van der Waals surface area contributed by atoms with E-state index in [9.17, 15) is 9.59 Å². The van der Waals surface area contributed by atoms with Crippen molar-refractivity contribution in [2.75, 3.05) is 12.8 Å². The van der Waals surface area contributed by atoms with E-state index in [0.717, 1.165) is 10.9 Å². The Hall–Kier alpha value is -2.63. The van der Waals surface area contributed by atoms with Gasteiger partial charge in [-0.3, -0.25) is 14.5 Å². The maximum absolute atomic E-state index is 11.7. The molecule has 1 fully saturated rings. The number of nitrogens with two attached hydrogens (primary N) is 1. The first-order chi connectivity index (χ1) is 10.1. The number of methoxy groups -OCH3 is 1.